The van der Waals surface area contributed by atoms with Gasteiger partial charge < -0.3 is 24.2 Å². The number of carbonyl (C=O) groups excluding carboxylic acids is 2. The molecule has 0 unspecified atom stereocenters. The largest absolute Gasteiger partial charge is 0.507 e. The van der Waals surface area contributed by atoms with E-state index in [2.05, 4.69) is 18.7 Å². The van der Waals surface area contributed by atoms with Crippen molar-refractivity contribution in [2.75, 3.05) is 46.0 Å². The number of hydrogen-bond acceptors (Lipinski definition) is 7. The summed E-state index contributed by atoms with van der Waals surface area (Å²) in [6.45, 7) is 10.7. The van der Waals surface area contributed by atoms with Crippen LogP contribution in [-0.4, -0.2) is 78.7 Å². The zero-order valence-corrected chi connectivity index (χ0v) is 23.0. The SMILES string of the molecule is CC(C)CCOc1cccc([C@@H]2C(=C(O)c3ccc4c(c3)C[C@H](C)O4)C(=O)C(=O)N2CCN2CCOCC2)c1. The van der Waals surface area contributed by atoms with E-state index in [0.29, 0.717) is 50.1 Å². The molecule has 2 saturated heterocycles. The topological polar surface area (TPSA) is 88.5 Å². The lowest BCUT2D eigenvalue weighted by Gasteiger charge is -2.31. The van der Waals surface area contributed by atoms with Crippen LogP contribution in [-0.2, 0) is 20.7 Å². The van der Waals surface area contributed by atoms with Gasteiger partial charge in [-0.1, -0.05) is 26.0 Å². The fourth-order valence-electron chi connectivity index (χ4n) is 5.44. The van der Waals surface area contributed by atoms with Crippen molar-refractivity contribution in [3.63, 3.8) is 0 Å². The van der Waals surface area contributed by atoms with Crippen LogP contribution in [0.25, 0.3) is 5.76 Å². The van der Waals surface area contributed by atoms with Gasteiger partial charge in [0, 0.05) is 38.2 Å². The van der Waals surface area contributed by atoms with Crippen LogP contribution < -0.4 is 9.47 Å². The number of aliphatic hydroxyl groups is 1. The van der Waals surface area contributed by atoms with Crippen LogP contribution in [0.1, 0.15) is 49.9 Å². The number of carbonyl (C=O) groups is 2. The lowest BCUT2D eigenvalue weighted by molar-refractivity contribution is -0.140. The van der Waals surface area contributed by atoms with E-state index in [1.807, 2.05) is 43.3 Å². The molecule has 5 rings (SSSR count). The first-order valence-corrected chi connectivity index (χ1v) is 13.9. The molecular formula is C31H38N2O6. The van der Waals surface area contributed by atoms with Gasteiger partial charge in [0.25, 0.3) is 11.7 Å². The number of fused-ring (bicyclic) bond motifs is 1. The van der Waals surface area contributed by atoms with Crippen molar-refractivity contribution in [1.29, 1.82) is 0 Å². The molecule has 3 heterocycles. The second kappa shape index (κ2) is 11.8. The average Bonchev–Trinajstić information content (AvgIpc) is 3.42. The predicted octanol–water partition coefficient (Wildman–Crippen LogP) is 4.19. The number of ether oxygens (including phenoxy) is 3. The van der Waals surface area contributed by atoms with Crippen molar-refractivity contribution >= 4 is 17.4 Å². The average molecular weight is 535 g/mol. The second-order valence-electron chi connectivity index (χ2n) is 11.0. The van der Waals surface area contributed by atoms with E-state index in [1.165, 1.54) is 0 Å². The fourth-order valence-corrected chi connectivity index (χ4v) is 5.44. The van der Waals surface area contributed by atoms with Gasteiger partial charge in [0.05, 0.1) is 31.4 Å². The summed E-state index contributed by atoms with van der Waals surface area (Å²) in [5.74, 6) is 0.542. The lowest BCUT2D eigenvalue weighted by atomic mass is 9.94. The maximum atomic E-state index is 13.5. The lowest BCUT2D eigenvalue weighted by Crippen LogP contribution is -2.42. The number of morpholine rings is 1. The smallest absolute Gasteiger partial charge is 0.295 e. The van der Waals surface area contributed by atoms with Crippen molar-refractivity contribution in [1.82, 2.24) is 9.80 Å². The van der Waals surface area contributed by atoms with Gasteiger partial charge in [-0.15, -0.1) is 0 Å². The van der Waals surface area contributed by atoms with Crippen molar-refractivity contribution in [3.05, 3.63) is 64.7 Å². The molecule has 3 aliphatic rings. The number of aliphatic hydroxyl groups excluding tert-OH is 1. The monoisotopic (exact) mass is 534 g/mol. The van der Waals surface area contributed by atoms with Crippen LogP contribution >= 0.6 is 0 Å². The van der Waals surface area contributed by atoms with Gasteiger partial charge in [0.1, 0.15) is 23.4 Å². The third kappa shape index (κ3) is 5.97. The number of nitrogens with zero attached hydrogens (tertiary/aromatic N) is 2. The normalized spacial score (nSPS) is 22.8. The first-order valence-electron chi connectivity index (χ1n) is 13.9. The van der Waals surface area contributed by atoms with Gasteiger partial charge in [-0.2, -0.15) is 0 Å². The van der Waals surface area contributed by atoms with Crippen LogP contribution in [0, 0.1) is 5.92 Å². The molecule has 0 radical (unpaired) electrons. The molecule has 1 N–H and O–H groups in total. The van der Waals surface area contributed by atoms with Gasteiger partial charge in [-0.25, -0.2) is 0 Å². The number of Topliss-reactive ketones (excluding diaryl/α,β-unsaturated/α-hetero) is 1. The molecule has 8 nitrogen and oxygen atoms in total. The predicted molar refractivity (Wildman–Crippen MR) is 148 cm³/mol. The molecule has 2 fully saturated rings. The third-order valence-corrected chi connectivity index (χ3v) is 7.61. The number of hydrogen-bond donors (Lipinski definition) is 1. The molecule has 2 atom stereocenters. The zero-order chi connectivity index (χ0) is 27.5. The van der Waals surface area contributed by atoms with Crippen molar-refractivity contribution in [2.24, 2.45) is 5.92 Å². The summed E-state index contributed by atoms with van der Waals surface area (Å²) in [4.78, 5) is 30.7. The summed E-state index contributed by atoms with van der Waals surface area (Å²) >= 11 is 0. The quantitative estimate of drug-likeness (QED) is 0.293. The molecule has 2 aromatic carbocycles. The maximum absolute atomic E-state index is 13.5. The van der Waals surface area contributed by atoms with Crippen molar-refractivity contribution in [3.8, 4) is 11.5 Å². The molecule has 0 aromatic heterocycles. The van der Waals surface area contributed by atoms with E-state index in [1.54, 1.807) is 11.0 Å². The third-order valence-electron chi connectivity index (χ3n) is 7.61. The van der Waals surface area contributed by atoms with Crippen LogP contribution in [0.15, 0.2) is 48.0 Å². The minimum absolute atomic E-state index is 0.0570. The summed E-state index contributed by atoms with van der Waals surface area (Å²) < 4.78 is 17.3. The highest BCUT2D eigenvalue weighted by molar-refractivity contribution is 6.46. The van der Waals surface area contributed by atoms with Gasteiger partial charge in [-0.3, -0.25) is 14.5 Å². The number of ketones is 1. The number of amides is 1. The van der Waals surface area contributed by atoms with Gasteiger partial charge >= 0.3 is 0 Å². The summed E-state index contributed by atoms with van der Waals surface area (Å²) in [6.07, 6.45) is 1.70. The highest BCUT2D eigenvalue weighted by Gasteiger charge is 2.46. The Bertz CT molecular complexity index is 1250. The standard InChI is InChI=1S/C31H38N2O6/c1-20(2)9-14-38-25-6-4-5-22(19-25)28-27(29(34)23-7-8-26-24(18-23)17-21(3)39-26)30(35)31(36)33(28)11-10-32-12-15-37-16-13-32/h4-8,18-21,28,34H,9-17H2,1-3H3/t21-,28+/m0/s1. The number of rotatable bonds is 9. The highest BCUT2D eigenvalue weighted by atomic mass is 16.5. The van der Waals surface area contributed by atoms with Gasteiger partial charge in [-0.05, 0) is 60.7 Å². The van der Waals surface area contributed by atoms with Crippen molar-refractivity contribution in [2.45, 2.75) is 45.8 Å². The van der Waals surface area contributed by atoms with Gasteiger partial charge in [0.15, 0.2) is 0 Å². The zero-order valence-electron chi connectivity index (χ0n) is 23.0. The van der Waals surface area contributed by atoms with Gasteiger partial charge in [0.2, 0.25) is 0 Å². The van der Waals surface area contributed by atoms with Crippen molar-refractivity contribution < 1.29 is 28.9 Å². The Kier molecular flexibility index (Phi) is 8.23. The second-order valence-corrected chi connectivity index (χ2v) is 11.0. The first kappa shape index (κ1) is 27.2. The number of likely N-dealkylation sites (tertiary alicyclic amines) is 1. The summed E-state index contributed by atoms with van der Waals surface area (Å²) in [6, 6.07) is 12.2. The van der Waals surface area contributed by atoms with E-state index in [9.17, 15) is 14.7 Å². The maximum Gasteiger partial charge on any atom is 0.295 e. The summed E-state index contributed by atoms with van der Waals surface area (Å²) in [7, 11) is 0. The van der Waals surface area contributed by atoms with Crippen LogP contribution in [0.5, 0.6) is 11.5 Å². The molecule has 39 heavy (non-hydrogen) atoms. The fraction of sp³-hybridized carbons (Fsp3) is 0.484. The molecular weight excluding hydrogens is 496 g/mol. The molecule has 0 saturated carbocycles. The highest BCUT2D eigenvalue weighted by Crippen LogP contribution is 2.41. The molecule has 0 bridgehead atoms. The van der Waals surface area contributed by atoms with E-state index in [4.69, 9.17) is 14.2 Å². The molecule has 0 spiro atoms. The Balaban J connectivity index is 1.50. The Morgan fingerprint density at radius 1 is 1.10 bits per heavy atom. The Morgan fingerprint density at radius 3 is 2.67 bits per heavy atom. The number of benzene rings is 2. The van der Waals surface area contributed by atoms with Crippen LogP contribution in [0.3, 0.4) is 0 Å². The Morgan fingerprint density at radius 2 is 1.90 bits per heavy atom. The van der Waals surface area contributed by atoms with E-state index >= 15 is 0 Å². The minimum atomic E-state index is -0.719. The minimum Gasteiger partial charge on any atom is -0.507 e. The molecule has 2 aromatic rings. The van der Waals surface area contributed by atoms with E-state index in [-0.39, 0.29) is 17.4 Å². The van der Waals surface area contributed by atoms with Crippen LogP contribution in [0.2, 0.25) is 0 Å². The Labute approximate surface area is 230 Å². The molecule has 208 valence electrons. The molecule has 0 aliphatic carbocycles. The molecule has 1 amide bonds. The Hall–Kier alpha value is -3.36. The molecule has 3 aliphatic heterocycles. The van der Waals surface area contributed by atoms with E-state index < -0.39 is 17.7 Å². The summed E-state index contributed by atoms with van der Waals surface area (Å²) in [5.41, 5.74) is 2.32. The molecule has 8 heteroatoms. The first-order chi connectivity index (χ1) is 18.8. The van der Waals surface area contributed by atoms with Crippen LogP contribution in [0.4, 0.5) is 0 Å². The summed E-state index contributed by atoms with van der Waals surface area (Å²) in [5, 5.41) is 11.5. The van der Waals surface area contributed by atoms with E-state index in [0.717, 1.165) is 42.8 Å².